The maximum absolute atomic E-state index is 14.5. The minimum atomic E-state index is -0.440. The molecule has 1 aliphatic heterocycles. The highest BCUT2D eigenvalue weighted by Gasteiger charge is 2.21. The number of nitrogens with zero attached hydrogens (tertiary/aromatic N) is 2. The summed E-state index contributed by atoms with van der Waals surface area (Å²) in [6.07, 6.45) is 2.14. The first-order valence-corrected chi connectivity index (χ1v) is 10.6. The van der Waals surface area contributed by atoms with Gasteiger partial charge in [0, 0.05) is 24.0 Å². The van der Waals surface area contributed by atoms with Crippen molar-refractivity contribution in [3.63, 3.8) is 0 Å². The number of thiazole rings is 1. The molecule has 1 saturated heterocycles. The fourth-order valence-electron chi connectivity index (χ4n) is 3.41. The number of carbonyl (C=O) groups is 1. The summed E-state index contributed by atoms with van der Waals surface area (Å²) in [7, 11) is 0. The first-order valence-electron chi connectivity index (χ1n) is 9.69. The number of rotatable bonds is 6. The number of anilines is 2. The van der Waals surface area contributed by atoms with E-state index in [-0.39, 0.29) is 11.4 Å². The van der Waals surface area contributed by atoms with Crippen molar-refractivity contribution in [2.24, 2.45) is 0 Å². The van der Waals surface area contributed by atoms with Gasteiger partial charge >= 0.3 is 0 Å². The maximum atomic E-state index is 14.5. The second kappa shape index (κ2) is 8.61. The Morgan fingerprint density at radius 1 is 1.21 bits per heavy atom. The molecule has 0 radical (unpaired) electrons. The van der Waals surface area contributed by atoms with Crippen LogP contribution in [0.2, 0.25) is 0 Å². The van der Waals surface area contributed by atoms with E-state index in [2.05, 4.69) is 15.2 Å². The second-order valence-corrected chi connectivity index (χ2v) is 7.64. The summed E-state index contributed by atoms with van der Waals surface area (Å²) in [6, 6.07) is 12.5. The van der Waals surface area contributed by atoms with Crippen LogP contribution in [0.4, 0.5) is 15.8 Å². The van der Waals surface area contributed by atoms with Gasteiger partial charge in [0.2, 0.25) is 0 Å². The summed E-state index contributed by atoms with van der Waals surface area (Å²) < 4.78 is 19.9. The van der Waals surface area contributed by atoms with Crippen molar-refractivity contribution in [1.29, 1.82) is 0 Å². The van der Waals surface area contributed by atoms with Crippen LogP contribution in [0.3, 0.4) is 0 Å². The van der Waals surface area contributed by atoms with E-state index in [9.17, 15) is 9.18 Å². The summed E-state index contributed by atoms with van der Waals surface area (Å²) in [5, 5.41) is 5.15. The number of para-hydroxylation sites is 1. The topological polar surface area (TPSA) is 54.5 Å². The number of amides is 1. The lowest BCUT2D eigenvalue weighted by molar-refractivity contribution is 0.102. The molecule has 0 atom stereocenters. The quantitative estimate of drug-likeness (QED) is 0.606. The molecule has 29 heavy (non-hydrogen) atoms. The van der Waals surface area contributed by atoms with E-state index in [1.165, 1.54) is 17.4 Å². The zero-order valence-corrected chi connectivity index (χ0v) is 17.0. The Morgan fingerprint density at radius 3 is 2.69 bits per heavy atom. The molecule has 2 aromatic carbocycles. The SMILES string of the molecule is CCOc1ccc(-c2nc(C(=O)Nc3c(F)cccc3N3CCCC3)cs2)cc1. The van der Waals surface area contributed by atoms with Crippen LogP contribution in [0, 0.1) is 5.82 Å². The number of benzene rings is 2. The molecule has 0 aliphatic carbocycles. The van der Waals surface area contributed by atoms with Gasteiger partial charge in [-0.2, -0.15) is 0 Å². The van der Waals surface area contributed by atoms with Crippen molar-refractivity contribution in [3.8, 4) is 16.3 Å². The second-order valence-electron chi connectivity index (χ2n) is 6.78. The molecule has 4 rings (SSSR count). The number of ether oxygens (including phenoxy) is 1. The lowest BCUT2D eigenvalue weighted by Gasteiger charge is -2.21. The molecule has 1 N–H and O–H groups in total. The molecule has 2 heterocycles. The Labute approximate surface area is 173 Å². The summed E-state index contributed by atoms with van der Waals surface area (Å²) in [6.45, 7) is 4.27. The highest BCUT2D eigenvalue weighted by molar-refractivity contribution is 7.13. The molecular weight excluding hydrogens is 389 g/mol. The zero-order chi connectivity index (χ0) is 20.2. The highest BCUT2D eigenvalue weighted by atomic mass is 32.1. The van der Waals surface area contributed by atoms with Crippen LogP contribution in [0.15, 0.2) is 47.8 Å². The standard InChI is InChI=1S/C22H22FN3O2S/c1-2-28-16-10-8-15(9-11-16)22-24-18(14-29-22)21(27)25-20-17(23)6-5-7-19(20)26-12-3-4-13-26/h5-11,14H,2-4,12-13H2,1H3,(H,25,27). The van der Waals surface area contributed by atoms with Crippen molar-refractivity contribution in [2.45, 2.75) is 19.8 Å². The maximum Gasteiger partial charge on any atom is 0.275 e. The van der Waals surface area contributed by atoms with Crippen LogP contribution in [-0.2, 0) is 0 Å². The fraction of sp³-hybridized carbons (Fsp3) is 0.273. The Bertz CT molecular complexity index is 998. The monoisotopic (exact) mass is 411 g/mol. The molecule has 5 nitrogen and oxygen atoms in total. The third-order valence-electron chi connectivity index (χ3n) is 4.83. The number of hydrogen-bond acceptors (Lipinski definition) is 5. The van der Waals surface area contributed by atoms with Gasteiger partial charge in [0.25, 0.3) is 5.91 Å². The lowest BCUT2D eigenvalue weighted by atomic mass is 10.2. The first-order chi connectivity index (χ1) is 14.2. The molecule has 1 amide bonds. The molecule has 0 unspecified atom stereocenters. The molecule has 0 spiro atoms. The van der Waals surface area contributed by atoms with Crippen molar-refractivity contribution in [2.75, 3.05) is 29.9 Å². The smallest absolute Gasteiger partial charge is 0.275 e. The molecule has 0 saturated carbocycles. The van der Waals surface area contributed by atoms with Crippen molar-refractivity contribution < 1.29 is 13.9 Å². The molecule has 1 fully saturated rings. The number of aromatic nitrogens is 1. The van der Waals surface area contributed by atoms with E-state index in [0.717, 1.165) is 47.9 Å². The van der Waals surface area contributed by atoms with E-state index in [4.69, 9.17) is 4.74 Å². The normalized spacial score (nSPS) is 13.5. The van der Waals surface area contributed by atoms with E-state index in [1.54, 1.807) is 11.4 Å². The molecule has 0 bridgehead atoms. The molecule has 1 aromatic heterocycles. The van der Waals surface area contributed by atoms with Crippen molar-refractivity contribution >= 4 is 28.6 Å². The first kappa shape index (κ1) is 19.4. The van der Waals surface area contributed by atoms with Crippen LogP contribution in [0.1, 0.15) is 30.3 Å². The number of hydrogen-bond donors (Lipinski definition) is 1. The third-order valence-corrected chi connectivity index (χ3v) is 5.72. The molecule has 1 aliphatic rings. The number of halogens is 1. The largest absolute Gasteiger partial charge is 0.494 e. The van der Waals surface area contributed by atoms with Crippen LogP contribution >= 0.6 is 11.3 Å². The van der Waals surface area contributed by atoms with Crippen molar-refractivity contribution in [1.82, 2.24) is 4.98 Å². The Balaban J connectivity index is 1.53. The van der Waals surface area contributed by atoms with Gasteiger partial charge < -0.3 is 15.0 Å². The average Bonchev–Trinajstić information content (AvgIpc) is 3.43. The summed E-state index contributed by atoms with van der Waals surface area (Å²) in [4.78, 5) is 19.3. The number of nitrogens with one attached hydrogen (secondary N) is 1. The minimum absolute atomic E-state index is 0.218. The van der Waals surface area contributed by atoms with Gasteiger partial charge in [-0.1, -0.05) is 6.07 Å². The number of carbonyl (C=O) groups excluding carboxylic acids is 1. The van der Waals surface area contributed by atoms with Crippen LogP contribution in [-0.4, -0.2) is 30.6 Å². The van der Waals surface area contributed by atoms with Crippen LogP contribution < -0.4 is 15.0 Å². The average molecular weight is 412 g/mol. The van der Waals surface area contributed by atoms with Crippen molar-refractivity contribution in [3.05, 3.63) is 59.4 Å². The van der Waals surface area contributed by atoms with Gasteiger partial charge in [-0.25, -0.2) is 9.37 Å². The van der Waals surface area contributed by atoms with Gasteiger partial charge in [0.1, 0.15) is 28.0 Å². The Hall–Kier alpha value is -2.93. The van der Waals surface area contributed by atoms with E-state index < -0.39 is 11.7 Å². The van der Waals surface area contributed by atoms with E-state index in [1.807, 2.05) is 37.3 Å². The Kier molecular flexibility index (Phi) is 5.76. The summed E-state index contributed by atoms with van der Waals surface area (Å²) >= 11 is 1.38. The molecular formula is C22H22FN3O2S. The highest BCUT2D eigenvalue weighted by Crippen LogP contribution is 2.32. The van der Waals surface area contributed by atoms with E-state index >= 15 is 0 Å². The fourth-order valence-corrected chi connectivity index (χ4v) is 4.21. The predicted octanol–water partition coefficient (Wildman–Crippen LogP) is 5.20. The zero-order valence-electron chi connectivity index (χ0n) is 16.2. The summed E-state index contributed by atoms with van der Waals surface area (Å²) in [5.41, 5.74) is 2.11. The Morgan fingerprint density at radius 2 is 1.97 bits per heavy atom. The lowest BCUT2D eigenvalue weighted by Crippen LogP contribution is -2.22. The van der Waals surface area contributed by atoms with Crippen LogP contribution in [0.5, 0.6) is 5.75 Å². The van der Waals surface area contributed by atoms with Gasteiger partial charge in [0.15, 0.2) is 0 Å². The third kappa shape index (κ3) is 4.24. The minimum Gasteiger partial charge on any atom is -0.494 e. The van der Waals surface area contributed by atoms with E-state index in [0.29, 0.717) is 6.61 Å². The van der Waals surface area contributed by atoms with Gasteiger partial charge in [0.05, 0.1) is 12.3 Å². The van der Waals surface area contributed by atoms with Gasteiger partial charge in [-0.05, 0) is 56.2 Å². The van der Waals surface area contributed by atoms with Gasteiger partial charge in [-0.15, -0.1) is 11.3 Å². The van der Waals surface area contributed by atoms with Gasteiger partial charge in [-0.3, -0.25) is 4.79 Å². The molecule has 7 heteroatoms. The summed E-state index contributed by atoms with van der Waals surface area (Å²) in [5.74, 6) is -0.0616. The predicted molar refractivity (Wildman–Crippen MR) is 115 cm³/mol. The van der Waals surface area contributed by atoms with Crippen LogP contribution in [0.25, 0.3) is 10.6 Å². The molecule has 3 aromatic rings. The molecule has 150 valence electrons.